The predicted molar refractivity (Wildman–Crippen MR) is 26.5 cm³/mol. The zero-order valence-corrected chi connectivity index (χ0v) is 0.500. The van der Waals surface area contributed by atoms with Crippen LogP contribution in [0, 0.1) is 0 Å². The van der Waals surface area contributed by atoms with Gasteiger partial charge in [-0.2, -0.15) is 0 Å². The molecule has 0 spiro atoms. The molecule has 0 aromatic rings. The third kappa shape index (κ3) is 8.85. The first-order valence-electron chi connectivity index (χ1n) is 0. The SMILES string of the molecule is O.[LiH].[MgH2].[NaH]. The van der Waals surface area contributed by atoms with Crippen molar-refractivity contribution in [1.82, 2.24) is 0 Å². The van der Waals surface area contributed by atoms with Crippen molar-refractivity contribution in [1.29, 1.82) is 0 Å². The fourth-order valence-electron chi connectivity index (χ4n) is 0. The van der Waals surface area contributed by atoms with Crippen molar-refractivity contribution in [3.8, 4) is 0 Å². The van der Waals surface area contributed by atoms with Crippen LogP contribution in [0.5, 0.6) is 0 Å². The summed E-state index contributed by atoms with van der Waals surface area (Å²) in [5, 5.41) is 0. The third-order valence-electron chi connectivity index (χ3n) is 0. The van der Waals surface area contributed by atoms with Crippen molar-refractivity contribution < 1.29 is 5.48 Å². The number of rotatable bonds is 0. The quantitative estimate of drug-likeness (QED) is 0.275. The first-order valence-corrected chi connectivity index (χ1v) is 0. The van der Waals surface area contributed by atoms with Crippen LogP contribution in [-0.2, 0) is 0 Å². The summed E-state index contributed by atoms with van der Waals surface area (Å²) in [4.78, 5) is 0. The van der Waals surface area contributed by atoms with Crippen LogP contribution in [0.25, 0.3) is 0 Å². The summed E-state index contributed by atoms with van der Waals surface area (Å²) in [6.45, 7) is 0. The number of hydrogen-bond donors (Lipinski definition) is 0. The second-order valence-electron chi connectivity index (χ2n) is 0. The van der Waals surface area contributed by atoms with E-state index in [1.54, 1.807) is 0 Å². The molecule has 16 valence electrons. The van der Waals surface area contributed by atoms with Crippen LogP contribution in [0.15, 0.2) is 0 Å². The van der Waals surface area contributed by atoms with Crippen molar-refractivity contribution in [3.05, 3.63) is 0 Å². The normalized spacial score (nSPS) is 0. The zero-order valence-electron chi connectivity index (χ0n) is 0.500. The average Bonchev–Trinajstić information content (AvgIpc) is 0. The molecule has 0 aliphatic carbocycles. The van der Waals surface area contributed by atoms with E-state index in [0.717, 1.165) is 0 Å². The topological polar surface area (TPSA) is 31.5 Å². The van der Waals surface area contributed by atoms with Gasteiger partial charge in [0.15, 0.2) is 0 Å². The van der Waals surface area contributed by atoms with Crippen LogP contribution in [0.3, 0.4) is 0 Å². The molecule has 4 heavy (non-hydrogen) atoms. The second-order valence-corrected chi connectivity index (χ2v) is 0. The van der Waals surface area contributed by atoms with Gasteiger partial charge in [0.2, 0.25) is 0 Å². The van der Waals surface area contributed by atoms with Crippen LogP contribution >= 0.6 is 0 Å². The zero-order chi connectivity index (χ0) is 0. The van der Waals surface area contributed by atoms with Gasteiger partial charge in [0, 0.05) is 0 Å². The maximum atomic E-state index is 0. The Morgan fingerprint density at radius 1 is 1.00 bits per heavy atom. The Morgan fingerprint density at radius 2 is 1.00 bits per heavy atom. The van der Waals surface area contributed by atoms with E-state index < -0.39 is 0 Å². The third-order valence-corrected chi connectivity index (χ3v) is 0. The first-order chi connectivity index (χ1) is 0. The number of hydrogen-bond acceptors (Lipinski definition) is 0. The van der Waals surface area contributed by atoms with Gasteiger partial charge in [-0.05, 0) is 0 Å². The Hall–Kier alpha value is 2.32. The van der Waals surface area contributed by atoms with E-state index in [-0.39, 0.29) is 76.9 Å². The molecule has 0 saturated carbocycles. The van der Waals surface area contributed by atoms with Crippen molar-refractivity contribution in [2.75, 3.05) is 0 Å². The van der Waals surface area contributed by atoms with Gasteiger partial charge in [0.1, 0.15) is 0 Å². The summed E-state index contributed by atoms with van der Waals surface area (Å²) in [5.74, 6) is 0. The molecule has 0 aromatic carbocycles. The van der Waals surface area contributed by atoms with E-state index in [4.69, 9.17) is 0 Å². The summed E-state index contributed by atoms with van der Waals surface area (Å²) < 4.78 is 0. The Bertz CT molecular complexity index is 8.00. The van der Waals surface area contributed by atoms with E-state index in [2.05, 4.69) is 0 Å². The van der Waals surface area contributed by atoms with Gasteiger partial charge in [0.05, 0.1) is 0 Å². The van der Waals surface area contributed by atoms with E-state index in [1.807, 2.05) is 0 Å². The fourth-order valence-corrected chi connectivity index (χ4v) is 0. The minimum absolute atomic E-state index is 0. The molecule has 0 unspecified atom stereocenters. The standard InChI is InChI=1S/Li.Mg.Na.H2O.4H/h;;;1H2;;;;. The Kier molecular flexibility index (Phi) is 153. The Balaban J connectivity index is 0. The van der Waals surface area contributed by atoms with Crippen LogP contribution in [0.4, 0.5) is 0 Å². The Morgan fingerprint density at radius 3 is 1.00 bits per heavy atom. The second kappa shape index (κ2) is 18.4. The summed E-state index contributed by atoms with van der Waals surface area (Å²) in [5.41, 5.74) is 0. The molecule has 0 aliphatic rings. The molecular weight excluding hydrogens is 70.2 g/mol. The molecular formula is H6LiMgNaO. The van der Waals surface area contributed by atoms with E-state index in [0.29, 0.717) is 0 Å². The van der Waals surface area contributed by atoms with Crippen LogP contribution in [0.1, 0.15) is 0 Å². The van der Waals surface area contributed by atoms with Crippen molar-refractivity contribution in [3.63, 3.8) is 0 Å². The van der Waals surface area contributed by atoms with Gasteiger partial charge in [0.25, 0.3) is 0 Å². The Labute approximate surface area is 75.8 Å². The molecule has 0 aliphatic heterocycles. The van der Waals surface area contributed by atoms with Gasteiger partial charge in [-0.3, -0.25) is 0 Å². The van der Waals surface area contributed by atoms with Gasteiger partial charge in [-0.1, -0.05) is 0 Å². The first kappa shape index (κ1) is 33.2. The summed E-state index contributed by atoms with van der Waals surface area (Å²) >= 11 is 0. The van der Waals surface area contributed by atoms with Crippen molar-refractivity contribution >= 4 is 71.5 Å². The van der Waals surface area contributed by atoms with Crippen molar-refractivity contribution in [2.24, 2.45) is 0 Å². The molecule has 0 bridgehead atoms. The van der Waals surface area contributed by atoms with Gasteiger partial charge < -0.3 is 5.48 Å². The molecule has 2 N–H and O–H groups in total. The van der Waals surface area contributed by atoms with Gasteiger partial charge >= 0.3 is 71.5 Å². The van der Waals surface area contributed by atoms with Crippen LogP contribution in [0.2, 0.25) is 0 Å². The minimum atomic E-state index is 0. The van der Waals surface area contributed by atoms with E-state index in [1.165, 1.54) is 0 Å². The predicted octanol–water partition coefficient (Wildman–Crippen LogP) is -3.04. The molecule has 0 radical (unpaired) electrons. The van der Waals surface area contributed by atoms with Gasteiger partial charge in [-0.25, -0.2) is 0 Å². The maximum absolute atomic E-state index is 0. The van der Waals surface area contributed by atoms with E-state index >= 15 is 0 Å². The average molecular weight is 76.3 g/mol. The molecule has 0 rings (SSSR count). The molecule has 0 saturated heterocycles. The molecule has 0 fully saturated rings. The fraction of sp³-hybridized carbons (Fsp3) is 0. The molecule has 1 nitrogen and oxygen atoms in total. The molecule has 0 atom stereocenters. The van der Waals surface area contributed by atoms with Crippen LogP contribution in [-0.4, -0.2) is 76.9 Å². The molecule has 0 amide bonds. The van der Waals surface area contributed by atoms with E-state index in [9.17, 15) is 0 Å². The summed E-state index contributed by atoms with van der Waals surface area (Å²) in [6, 6.07) is 0. The molecule has 0 aromatic heterocycles. The molecule has 4 heteroatoms. The van der Waals surface area contributed by atoms with Gasteiger partial charge in [-0.15, -0.1) is 0 Å². The monoisotopic (exact) mass is 76.0 g/mol. The summed E-state index contributed by atoms with van der Waals surface area (Å²) in [6.07, 6.45) is 0. The molecule has 0 heterocycles. The van der Waals surface area contributed by atoms with Crippen molar-refractivity contribution in [2.45, 2.75) is 0 Å². The van der Waals surface area contributed by atoms with Crippen LogP contribution < -0.4 is 0 Å². The summed E-state index contributed by atoms with van der Waals surface area (Å²) in [7, 11) is 0.